The van der Waals surface area contributed by atoms with E-state index >= 15 is 0 Å². The Morgan fingerprint density at radius 1 is 0.966 bits per heavy atom. The number of para-hydroxylation sites is 1. The number of hydrogen-bond donors (Lipinski definition) is 1. The summed E-state index contributed by atoms with van der Waals surface area (Å²) in [5.74, 6) is 0.325. The van der Waals surface area contributed by atoms with E-state index in [9.17, 15) is 5.11 Å². The molecule has 0 aliphatic rings. The van der Waals surface area contributed by atoms with Gasteiger partial charge in [0, 0.05) is 22.2 Å². The first kappa shape index (κ1) is 26.9. The monoisotopic (exact) mass is 508 g/mol. The van der Waals surface area contributed by atoms with E-state index < -0.39 is 14.7 Å². The first-order chi connectivity index (χ1) is 13.3. The molecule has 0 heterocycles. The second-order valence-electron chi connectivity index (χ2n) is 8.61. The van der Waals surface area contributed by atoms with E-state index in [-0.39, 0.29) is 10.8 Å². The van der Waals surface area contributed by atoms with Gasteiger partial charge in [-0.25, -0.2) is 0 Å². The number of phenolic OH excluding ortho intramolecular Hbond substituents is 1. The third-order valence-corrected chi connectivity index (χ3v) is 5.03. The summed E-state index contributed by atoms with van der Waals surface area (Å²) in [5.41, 5.74) is 3.73. The quantitative estimate of drug-likeness (QED) is 0.255. The fraction of sp³-hybridized carbons (Fsp3) is 0.409. The van der Waals surface area contributed by atoms with Crippen molar-refractivity contribution < 1.29 is 19.8 Å². The predicted octanol–water partition coefficient (Wildman–Crippen LogP) is 8.53. The number of aromatic hydroxyl groups is 1. The van der Waals surface area contributed by atoms with Crippen molar-refractivity contribution in [1.29, 1.82) is 0 Å². The van der Waals surface area contributed by atoms with Gasteiger partial charge in [-0.15, -0.1) is 11.8 Å². The molecule has 0 fully saturated rings. The number of nitrogens with zero attached hydrogens (tertiary/aromatic N) is 1. The normalized spacial score (nSPS) is 11.9. The van der Waals surface area contributed by atoms with Crippen LogP contribution in [0, 0.1) is 0 Å². The maximum absolute atomic E-state index is 10.8. The first-order valence-corrected chi connectivity index (χ1v) is 16.8. The van der Waals surface area contributed by atoms with Gasteiger partial charge in [-0.2, -0.15) is 0 Å². The molecule has 0 atom stereocenters. The summed E-state index contributed by atoms with van der Waals surface area (Å²) in [6.07, 6.45) is 3.83. The number of aliphatic imine (C=N–C) groups is 1. The van der Waals surface area contributed by atoms with E-state index in [1.807, 2.05) is 24.5 Å². The third kappa shape index (κ3) is 8.85. The Balaban J connectivity index is 0.000000960. The summed E-state index contributed by atoms with van der Waals surface area (Å²) in [6.45, 7) is 12.9. The number of benzene rings is 2. The van der Waals surface area contributed by atoms with E-state index in [2.05, 4.69) is 64.7 Å². The fourth-order valence-corrected chi connectivity index (χ4v) is 3.18. The summed E-state index contributed by atoms with van der Waals surface area (Å²) in [6, 6.07) is 12.2. The number of rotatable bonds is 3. The molecule has 1 N–H and O–H groups in total. The maximum atomic E-state index is 10.8. The Labute approximate surface area is 197 Å². The van der Waals surface area contributed by atoms with Crippen LogP contribution >= 0.6 is 39.7 Å². The van der Waals surface area contributed by atoms with Crippen LogP contribution in [0.2, 0.25) is 0 Å². The molecule has 29 heavy (non-hydrogen) atoms. The Hall–Kier alpha value is -0.156. The number of halogens is 3. The van der Waals surface area contributed by atoms with Gasteiger partial charge in [0.15, 0.2) is 0 Å². The van der Waals surface area contributed by atoms with Crippen LogP contribution in [0.15, 0.2) is 46.3 Å². The van der Waals surface area contributed by atoms with Gasteiger partial charge >= 0.3 is 42.6 Å². The van der Waals surface area contributed by atoms with Crippen molar-refractivity contribution in [2.45, 2.75) is 57.3 Å². The van der Waals surface area contributed by atoms with E-state index in [1.165, 1.54) is 5.56 Å². The van der Waals surface area contributed by atoms with Crippen molar-refractivity contribution >= 4 is 51.6 Å². The second kappa shape index (κ2) is 11.5. The van der Waals surface area contributed by atoms with E-state index in [4.69, 9.17) is 27.9 Å². The molecule has 0 bridgehead atoms. The SMILES string of the molecule is CSc1ccccc1N=Cc1cc(C(C)(C)C)cc(C(C)(C)C)c1O.[Cl][Ti]([Cl])[Cl]. The molecule has 7 heteroatoms. The first-order valence-electron chi connectivity index (χ1n) is 9.16. The van der Waals surface area contributed by atoms with Gasteiger partial charge in [0.1, 0.15) is 5.75 Å². The minimum absolute atomic E-state index is 0.00741. The summed E-state index contributed by atoms with van der Waals surface area (Å²) < 4.78 is 0. The average molecular weight is 510 g/mol. The molecule has 0 aromatic heterocycles. The Bertz CT molecular complexity index is 840. The van der Waals surface area contributed by atoms with Crippen LogP contribution in [0.5, 0.6) is 5.75 Å². The molecule has 0 aliphatic carbocycles. The van der Waals surface area contributed by atoms with Gasteiger partial charge in [-0.3, -0.25) is 4.99 Å². The molecule has 0 saturated heterocycles. The molecular formula is C22H29Cl3NOSTi. The molecule has 0 radical (unpaired) electrons. The number of thioether (sulfide) groups is 1. The zero-order valence-electron chi connectivity index (χ0n) is 18.0. The topological polar surface area (TPSA) is 32.6 Å². The molecule has 2 nitrogen and oxygen atoms in total. The summed E-state index contributed by atoms with van der Waals surface area (Å²) in [7, 11) is 14.9. The van der Waals surface area contributed by atoms with Crippen LogP contribution < -0.4 is 0 Å². The second-order valence-corrected chi connectivity index (χ2v) is 17.2. The van der Waals surface area contributed by atoms with Crippen LogP contribution in [0.1, 0.15) is 58.2 Å². The van der Waals surface area contributed by atoms with E-state index in [0.29, 0.717) is 5.75 Å². The van der Waals surface area contributed by atoms with Gasteiger partial charge < -0.3 is 5.11 Å². The molecule has 2 rings (SSSR count). The molecule has 2 aromatic rings. The zero-order valence-corrected chi connectivity index (χ0v) is 22.6. The van der Waals surface area contributed by atoms with E-state index in [0.717, 1.165) is 21.7 Å². The summed E-state index contributed by atoms with van der Waals surface area (Å²) >= 11 is -0.243. The minimum atomic E-state index is -1.92. The van der Waals surface area contributed by atoms with Crippen LogP contribution in [0.25, 0.3) is 0 Å². The fourth-order valence-electron chi connectivity index (χ4n) is 2.64. The summed E-state index contributed by atoms with van der Waals surface area (Å²) in [5, 5.41) is 10.8. The molecular weight excluding hydrogens is 481 g/mol. The third-order valence-electron chi connectivity index (χ3n) is 4.24. The van der Waals surface area contributed by atoms with Crippen LogP contribution in [0.3, 0.4) is 0 Å². The molecule has 2 aromatic carbocycles. The van der Waals surface area contributed by atoms with Crippen molar-refractivity contribution in [3.05, 3.63) is 53.1 Å². The van der Waals surface area contributed by atoms with Crippen molar-refractivity contribution in [2.24, 2.45) is 4.99 Å². The zero-order chi connectivity index (χ0) is 22.4. The van der Waals surface area contributed by atoms with Gasteiger partial charge in [0.2, 0.25) is 0 Å². The van der Waals surface area contributed by atoms with Crippen molar-refractivity contribution in [3.8, 4) is 5.75 Å². The number of phenols is 1. The van der Waals surface area contributed by atoms with Crippen LogP contribution in [-0.4, -0.2) is 17.6 Å². The Morgan fingerprint density at radius 3 is 2.00 bits per heavy atom. The molecule has 159 valence electrons. The van der Waals surface area contributed by atoms with Crippen molar-refractivity contribution in [2.75, 3.05) is 6.26 Å². The Morgan fingerprint density at radius 2 is 1.52 bits per heavy atom. The molecule has 0 aliphatic heterocycles. The van der Waals surface area contributed by atoms with Gasteiger partial charge in [-0.1, -0.05) is 59.7 Å². The molecule has 0 amide bonds. The predicted molar refractivity (Wildman–Crippen MR) is 129 cm³/mol. The number of hydrogen-bond acceptors (Lipinski definition) is 3. The molecule has 0 unspecified atom stereocenters. The molecule has 0 spiro atoms. The average Bonchev–Trinajstić information content (AvgIpc) is 2.58. The van der Waals surface area contributed by atoms with Crippen molar-refractivity contribution in [3.63, 3.8) is 0 Å². The van der Waals surface area contributed by atoms with Crippen LogP contribution in [-0.2, 0) is 25.5 Å². The van der Waals surface area contributed by atoms with E-state index in [1.54, 1.807) is 18.0 Å². The standard InChI is InChI=1S/C22H29NOS.3ClH.Ti/c1-21(2,3)16-12-15(20(24)17(13-16)22(4,5)6)14-23-18-10-8-9-11-19(18)25-7;;;;/h8-14,24H,1-7H3;3*1H;/q;;;;+3/p-3. The van der Waals surface area contributed by atoms with Crippen molar-refractivity contribution in [1.82, 2.24) is 0 Å². The van der Waals surface area contributed by atoms with Gasteiger partial charge in [0.05, 0.1) is 5.69 Å². The molecule has 0 saturated carbocycles. The van der Waals surface area contributed by atoms with Gasteiger partial charge in [0.25, 0.3) is 0 Å². The summed E-state index contributed by atoms with van der Waals surface area (Å²) in [4.78, 5) is 5.77. The van der Waals surface area contributed by atoms with Crippen LogP contribution in [0.4, 0.5) is 5.69 Å². The Kier molecular flexibility index (Phi) is 10.6. The van der Waals surface area contributed by atoms with Gasteiger partial charge in [-0.05, 0) is 40.8 Å².